The molecule has 2 aromatic heterocycles. The summed E-state index contributed by atoms with van der Waals surface area (Å²) >= 11 is 0. The molecule has 27 heavy (non-hydrogen) atoms. The molecule has 8 nitrogen and oxygen atoms in total. The molecule has 0 bridgehead atoms. The summed E-state index contributed by atoms with van der Waals surface area (Å²) in [4.78, 5) is 8.51. The number of rotatable bonds is 5. The van der Waals surface area contributed by atoms with E-state index in [1.54, 1.807) is 52.1 Å². The van der Waals surface area contributed by atoms with Crippen molar-refractivity contribution in [2.45, 2.75) is 0 Å². The Hall–Kier alpha value is -3.73. The van der Waals surface area contributed by atoms with E-state index in [0.717, 1.165) is 5.69 Å². The van der Waals surface area contributed by atoms with Crippen LogP contribution in [0.5, 0.6) is 17.2 Å². The molecule has 0 amide bonds. The van der Waals surface area contributed by atoms with E-state index in [2.05, 4.69) is 16.0 Å². The molecule has 0 radical (unpaired) electrons. The summed E-state index contributed by atoms with van der Waals surface area (Å²) in [5, 5.41) is 9.53. The zero-order valence-electron chi connectivity index (χ0n) is 15.5. The first-order chi connectivity index (χ1) is 13.0. The summed E-state index contributed by atoms with van der Waals surface area (Å²) in [6.07, 6.45) is 3.33. The third-order valence-corrected chi connectivity index (χ3v) is 4.21. The summed E-state index contributed by atoms with van der Waals surface area (Å²) in [6.45, 7) is 0. The number of methoxy groups -OCH3 is 3. The molecule has 0 saturated heterocycles. The molecule has 1 aromatic carbocycles. The van der Waals surface area contributed by atoms with E-state index >= 15 is 0 Å². The number of anilines is 1. The van der Waals surface area contributed by atoms with Crippen molar-refractivity contribution in [3.8, 4) is 45.8 Å². The van der Waals surface area contributed by atoms with E-state index in [1.807, 2.05) is 11.6 Å². The van der Waals surface area contributed by atoms with Crippen molar-refractivity contribution in [3.05, 3.63) is 36.3 Å². The predicted octanol–water partition coefficient (Wildman–Crippen LogP) is 2.63. The fourth-order valence-electron chi connectivity index (χ4n) is 2.88. The van der Waals surface area contributed by atoms with Crippen LogP contribution in [-0.4, -0.2) is 35.9 Å². The van der Waals surface area contributed by atoms with Gasteiger partial charge < -0.3 is 24.5 Å². The molecule has 0 aliphatic heterocycles. The Morgan fingerprint density at radius 1 is 1.07 bits per heavy atom. The van der Waals surface area contributed by atoms with Crippen LogP contribution in [0.15, 0.2) is 30.7 Å². The quantitative estimate of drug-likeness (QED) is 0.740. The van der Waals surface area contributed by atoms with Crippen LogP contribution >= 0.6 is 0 Å². The minimum absolute atomic E-state index is 0.139. The second-order valence-electron chi connectivity index (χ2n) is 5.73. The van der Waals surface area contributed by atoms with E-state index in [9.17, 15) is 5.26 Å². The lowest BCUT2D eigenvalue weighted by atomic mass is 10.0. The van der Waals surface area contributed by atoms with Crippen molar-refractivity contribution in [2.24, 2.45) is 7.05 Å². The van der Waals surface area contributed by atoms with Crippen LogP contribution in [0.25, 0.3) is 22.5 Å². The number of nitriles is 1. The third kappa shape index (κ3) is 3.11. The van der Waals surface area contributed by atoms with Crippen molar-refractivity contribution in [3.63, 3.8) is 0 Å². The zero-order chi connectivity index (χ0) is 19.6. The van der Waals surface area contributed by atoms with Crippen molar-refractivity contribution >= 4 is 5.82 Å². The van der Waals surface area contributed by atoms with E-state index in [-0.39, 0.29) is 5.82 Å². The summed E-state index contributed by atoms with van der Waals surface area (Å²) in [5.74, 6) is 1.62. The molecule has 3 aromatic rings. The third-order valence-electron chi connectivity index (χ3n) is 4.21. The fraction of sp³-hybridized carbons (Fsp3) is 0.211. The van der Waals surface area contributed by atoms with E-state index < -0.39 is 0 Å². The lowest BCUT2D eigenvalue weighted by Crippen LogP contribution is -2.02. The first-order valence-corrected chi connectivity index (χ1v) is 8.01. The predicted molar refractivity (Wildman–Crippen MR) is 101 cm³/mol. The van der Waals surface area contributed by atoms with Crippen LogP contribution in [0.1, 0.15) is 5.56 Å². The monoisotopic (exact) mass is 365 g/mol. The maximum absolute atomic E-state index is 9.53. The van der Waals surface area contributed by atoms with Crippen LogP contribution in [0.3, 0.4) is 0 Å². The summed E-state index contributed by atoms with van der Waals surface area (Å²) in [6, 6.07) is 7.48. The van der Waals surface area contributed by atoms with Crippen molar-refractivity contribution in [1.82, 2.24) is 14.5 Å². The summed E-state index contributed by atoms with van der Waals surface area (Å²) in [7, 11) is 6.48. The van der Waals surface area contributed by atoms with Gasteiger partial charge in [-0.15, -0.1) is 0 Å². The van der Waals surface area contributed by atoms with Gasteiger partial charge in [0, 0.05) is 18.2 Å². The van der Waals surface area contributed by atoms with Gasteiger partial charge >= 0.3 is 0 Å². The summed E-state index contributed by atoms with van der Waals surface area (Å²) in [5.41, 5.74) is 9.06. The Kier molecular flexibility index (Phi) is 4.86. The van der Waals surface area contributed by atoms with E-state index in [4.69, 9.17) is 19.9 Å². The highest BCUT2D eigenvalue weighted by Crippen LogP contribution is 2.41. The molecule has 3 rings (SSSR count). The minimum atomic E-state index is 0.139. The molecule has 0 aliphatic carbocycles. The van der Waals surface area contributed by atoms with Crippen LogP contribution in [0.2, 0.25) is 0 Å². The van der Waals surface area contributed by atoms with Gasteiger partial charge in [0.25, 0.3) is 0 Å². The van der Waals surface area contributed by atoms with Gasteiger partial charge in [0.2, 0.25) is 5.75 Å². The van der Waals surface area contributed by atoms with Gasteiger partial charge in [-0.1, -0.05) is 0 Å². The lowest BCUT2D eigenvalue weighted by molar-refractivity contribution is 0.324. The van der Waals surface area contributed by atoms with Gasteiger partial charge in [0.15, 0.2) is 11.5 Å². The van der Waals surface area contributed by atoms with Gasteiger partial charge in [0.1, 0.15) is 17.5 Å². The molecule has 8 heteroatoms. The largest absolute Gasteiger partial charge is 0.493 e. The average Bonchev–Trinajstić information content (AvgIpc) is 3.11. The van der Waals surface area contributed by atoms with Crippen molar-refractivity contribution < 1.29 is 14.2 Å². The molecular formula is C19H19N5O3. The number of aromatic nitrogens is 3. The first-order valence-electron chi connectivity index (χ1n) is 8.01. The number of ether oxygens (including phenoxy) is 3. The molecule has 0 fully saturated rings. The summed E-state index contributed by atoms with van der Waals surface area (Å²) < 4.78 is 18.0. The number of nitrogens with two attached hydrogens (primary N) is 1. The molecule has 0 unspecified atom stereocenters. The van der Waals surface area contributed by atoms with Gasteiger partial charge in [-0.2, -0.15) is 5.26 Å². The van der Waals surface area contributed by atoms with Crippen molar-refractivity contribution in [2.75, 3.05) is 27.1 Å². The van der Waals surface area contributed by atoms with E-state index in [0.29, 0.717) is 39.6 Å². The fourth-order valence-corrected chi connectivity index (χ4v) is 2.88. The highest BCUT2D eigenvalue weighted by Gasteiger charge is 2.19. The minimum Gasteiger partial charge on any atom is -0.493 e. The number of nitrogens with zero attached hydrogens (tertiary/aromatic N) is 4. The van der Waals surface area contributed by atoms with Crippen molar-refractivity contribution in [1.29, 1.82) is 5.26 Å². The Bertz CT molecular complexity index is 1010. The number of pyridine rings is 1. The Labute approximate surface area is 156 Å². The molecule has 0 aliphatic rings. The second kappa shape index (κ2) is 7.25. The zero-order valence-corrected chi connectivity index (χ0v) is 15.5. The number of aryl methyl sites for hydroxylation is 1. The number of hydrogen-bond acceptors (Lipinski definition) is 7. The van der Waals surface area contributed by atoms with E-state index in [1.165, 1.54) is 0 Å². The maximum Gasteiger partial charge on any atom is 0.203 e. The Morgan fingerprint density at radius 3 is 2.22 bits per heavy atom. The smallest absolute Gasteiger partial charge is 0.203 e. The molecular weight excluding hydrogens is 346 g/mol. The molecule has 2 heterocycles. The van der Waals surface area contributed by atoms with Crippen LogP contribution < -0.4 is 19.9 Å². The SMILES string of the molecule is COc1cc(-c2cc(-c3cncn3C)c(C#N)c(N)n2)cc(OC)c1OC. The number of nitrogen functional groups attached to an aromatic ring is 1. The molecule has 138 valence electrons. The normalized spacial score (nSPS) is 10.3. The topological polar surface area (TPSA) is 108 Å². The Balaban J connectivity index is 2.26. The van der Waals surface area contributed by atoms with Crippen LogP contribution in [-0.2, 0) is 7.05 Å². The average molecular weight is 365 g/mol. The standard InChI is InChI=1S/C19H19N5O3/c1-24-10-22-9-15(24)12-7-14(23-19(21)13(12)8-20)11-5-16(25-2)18(27-4)17(6-11)26-3/h5-7,9-10H,1-4H3,(H2,21,23). The number of imidazole rings is 1. The van der Waals surface area contributed by atoms with Crippen LogP contribution in [0, 0.1) is 11.3 Å². The maximum atomic E-state index is 9.53. The number of hydrogen-bond donors (Lipinski definition) is 1. The second-order valence-corrected chi connectivity index (χ2v) is 5.73. The first kappa shape index (κ1) is 18.1. The highest BCUT2D eigenvalue weighted by molar-refractivity contribution is 5.80. The molecule has 0 atom stereocenters. The molecule has 0 spiro atoms. The number of benzene rings is 1. The lowest BCUT2D eigenvalue weighted by Gasteiger charge is -2.15. The molecule has 2 N–H and O–H groups in total. The van der Waals surface area contributed by atoms with Gasteiger partial charge in [-0.05, 0) is 18.2 Å². The highest BCUT2D eigenvalue weighted by atomic mass is 16.5. The molecule has 0 saturated carbocycles. The van der Waals surface area contributed by atoms with Gasteiger partial charge in [-0.25, -0.2) is 9.97 Å². The van der Waals surface area contributed by atoms with Gasteiger partial charge in [0.05, 0.1) is 45.2 Å². The Morgan fingerprint density at radius 2 is 1.74 bits per heavy atom. The van der Waals surface area contributed by atoms with Crippen LogP contribution in [0.4, 0.5) is 5.82 Å². The van der Waals surface area contributed by atoms with Gasteiger partial charge in [-0.3, -0.25) is 0 Å².